The molecule has 53 heavy (non-hydrogen) atoms. The van der Waals surface area contributed by atoms with Gasteiger partial charge < -0.3 is 0 Å². The number of para-hydroxylation sites is 2. The molecule has 0 aliphatic heterocycles. The molecule has 0 N–H and O–H groups in total. The lowest BCUT2D eigenvalue weighted by molar-refractivity contribution is 0.836. The monoisotopic (exact) mass is 677 g/mol. The lowest BCUT2D eigenvalue weighted by Crippen LogP contribution is -2.24. The van der Waals surface area contributed by atoms with E-state index in [9.17, 15) is 4.79 Å². The minimum Gasteiger partial charge on any atom is -0.296 e. The molecule has 0 atom stereocenters. The molecule has 0 aliphatic rings. The third kappa shape index (κ3) is 4.30. The zero-order valence-electron chi connectivity index (χ0n) is 28.9. The van der Waals surface area contributed by atoms with Gasteiger partial charge in [0, 0.05) is 12.4 Å². The number of nitrogens with zero attached hydrogens (tertiary/aromatic N) is 3. The Balaban J connectivity index is 1.15. The molecule has 11 aromatic rings. The summed E-state index contributed by atoms with van der Waals surface area (Å²) in [5.41, 5.74) is 10.1. The molecule has 0 bridgehead atoms. The maximum Gasteiger partial charge on any atom is 0.334 e. The average molecular weight is 678 g/mol. The summed E-state index contributed by atoms with van der Waals surface area (Å²) >= 11 is 0. The van der Waals surface area contributed by atoms with E-state index in [1.807, 2.05) is 31.3 Å². The molecule has 248 valence electrons. The van der Waals surface area contributed by atoms with Crippen LogP contribution in [0, 0.1) is 0 Å². The first-order chi connectivity index (χ1) is 26.1. The highest BCUT2D eigenvalue weighted by Gasteiger charge is 2.20. The number of hydrogen-bond acceptors (Lipinski definition) is 2. The van der Waals surface area contributed by atoms with E-state index in [2.05, 4.69) is 146 Å². The first kappa shape index (κ1) is 29.7. The number of hydrogen-bond donors (Lipinski definition) is 0. The highest BCUT2D eigenvalue weighted by atomic mass is 16.1. The molecule has 0 spiro atoms. The van der Waals surface area contributed by atoms with Crippen LogP contribution in [0.1, 0.15) is 0 Å². The molecule has 0 fully saturated rings. The van der Waals surface area contributed by atoms with Gasteiger partial charge in [0.25, 0.3) is 0 Å². The second-order valence-corrected chi connectivity index (χ2v) is 13.9. The van der Waals surface area contributed by atoms with Crippen LogP contribution in [0.5, 0.6) is 0 Å². The van der Waals surface area contributed by atoms with Gasteiger partial charge in [-0.1, -0.05) is 140 Å². The van der Waals surface area contributed by atoms with Crippen LogP contribution in [-0.2, 0) is 7.05 Å². The van der Waals surface area contributed by atoms with Gasteiger partial charge >= 0.3 is 5.69 Å². The normalized spacial score (nSPS) is 11.9. The molecule has 0 saturated heterocycles. The number of aromatic nitrogens is 3. The van der Waals surface area contributed by atoms with Crippen molar-refractivity contribution in [3.05, 3.63) is 180 Å². The summed E-state index contributed by atoms with van der Waals surface area (Å²) in [6, 6.07) is 60.6. The molecule has 0 amide bonds. The molecule has 4 heteroatoms. The zero-order chi connectivity index (χ0) is 35.2. The van der Waals surface area contributed by atoms with E-state index in [0.29, 0.717) is 5.65 Å². The van der Waals surface area contributed by atoms with Gasteiger partial charge in [-0.05, 0) is 107 Å². The molecule has 0 saturated carbocycles. The highest BCUT2D eigenvalue weighted by Crippen LogP contribution is 2.46. The molecule has 4 nitrogen and oxygen atoms in total. The molecule has 9 aromatic carbocycles. The van der Waals surface area contributed by atoms with Crippen molar-refractivity contribution in [1.29, 1.82) is 0 Å². The average Bonchev–Trinajstić information content (AvgIpc) is 3.61. The number of rotatable bonds is 3. The lowest BCUT2D eigenvalue weighted by Gasteiger charge is -2.20. The molecular formula is C49H31N3O. The second kappa shape index (κ2) is 11.2. The smallest absolute Gasteiger partial charge is 0.296 e. The van der Waals surface area contributed by atoms with Crippen molar-refractivity contribution in [3.63, 3.8) is 0 Å². The SMILES string of the molecule is Cn1c(=O)n2c3ccccc3nc2c2ccc(-c3ccc(-c4c5ccccc5c(-c5ccc6ccccc6c5)c5ccccc45)c4ccccc34)cc21. The minimum absolute atomic E-state index is 0.107. The fourth-order valence-corrected chi connectivity index (χ4v) is 8.66. The van der Waals surface area contributed by atoms with Crippen molar-refractivity contribution < 1.29 is 0 Å². The summed E-state index contributed by atoms with van der Waals surface area (Å²) in [7, 11) is 1.85. The molecule has 0 unspecified atom stereocenters. The van der Waals surface area contributed by atoms with Crippen LogP contribution in [0.15, 0.2) is 175 Å². The number of aryl methyl sites for hydroxylation is 1. The van der Waals surface area contributed by atoms with E-state index in [-0.39, 0.29) is 5.69 Å². The number of imidazole rings is 1. The first-order valence-electron chi connectivity index (χ1n) is 18.0. The highest BCUT2D eigenvalue weighted by molar-refractivity contribution is 6.24. The Morgan fingerprint density at radius 1 is 0.434 bits per heavy atom. The van der Waals surface area contributed by atoms with Gasteiger partial charge in [-0.2, -0.15) is 0 Å². The molecular weight excluding hydrogens is 647 g/mol. The van der Waals surface area contributed by atoms with Crippen LogP contribution in [-0.4, -0.2) is 14.0 Å². The maximum absolute atomic E-state index is 13.8. The molecule has 2 aromatic heterocycles. The van der Waals surface area contributed by atoms with Crippen molar-refractivity contribution >= 4 is 70.7 Å². The van der Waals surface area contributed by atoms with Crippen molar-refractivity contribution in [2.24, 2.45) is 7.05 Å². The summed E-state index contributed by atoms with van der Waals surface area (Å²) in [4.78, 5) is 18.6. The van der Waals surface area contributed by atoms with E-state index >= 15 is 0 Å². The van der Waals surface area contributed by atoms with Gasteiger partial charge in [0.05, 0.1) is 16.6 Å². The summed E-state index contributed by atoms with van der Waals surface area (Å²) in [6.45, 7) is 0. The standard InChI is InChI=1S/C49H31N3O/c1-51-45-29-32(24-25-42(45)48-50-43-20-10-11-21-44(43)52(48)49(51)53)34-26-27-41(36-15-5-4-14-35(34)36)47-39-18-8-6-16-37(39)46(38-17-7-9-19-40(38)47)33-23-22-30-12-2-3-13-31(30)28-33/h2-29H,1H3. The molecule has 0 radical (unpaired) electrons. The van der Waals surface area contributed by atoms with Gasteiger partial charge in [0.15, 0.2) is 5.65 Å². The number of fused-ring (bicyclic) bond motifs is 9. The van der Waals surface area contributed by atoms with Gasteiger partial charge in [-0.3, -0.25) is 4.57 Å². The van der Waals surface area contributed by atoms with E-state index in [1.54, 1.807) is 8.97 Å². The largest absolute Gasteiger partial charge is 0.334 e. The van der Waals surface area contributed by atoms with Crippen molar-refractivity contribution in [1.82, 2.24) is 14.0 Å². The van der Waals surface area contributed by atoms with Gasteiger partial charge in [0.1, 0.15) is 0 Å². The van der Waals surface area contributed by atoms with Crippen molar-refractivity contribution in [2.45, 2.75) is 0 Å². The van der Waals surface area contributed by atoms with Crippen LogP contribution in [0.2, 0.25) is 0 Å². The Bertz CT molecular complexity index is 3330. The number of benzene rings is 9. The topological polar surface area (TPSA) is 39.3 Å². The Hall–Kier alpha value is -7.04. The third-order valence-corrected chi connectivity index (χ3v) is 11.1. The quantitative estimate of drug-likeness (QED) is 0.175. The fraction of sp³-hybridized carbons (Fsp3) is 0.0204. The van der Waals surface area contributed by atoms with Gasteiger partial charge in [-0.15, -0.1) is 0 Å². The van der Waals surface area contributed by atoms with Crippen LogP contribution in [0.3, 0.4) is 0 Å². The van der Waals surface area contributed by atoms with Crippen LogP contribution < -0.4 is 5.69 Å². The predicted octanol–water partition coefficient (Wildman–Crippen LogP) is 12.0. The zero-order valence-corrected chi connectivity index (χ0v) is 28.9. The lowest BCUT2D eigenvalue weighted by atomic mass is 9.83. The van der Waals surface area contributed by atoms with E-state index in [4.69, 9.17) is 4.98 Å². The van der Waals surface area contributed by atoms with E-state index in [0.717, 1.165) is 38.4 Å². The van der Waals surface area contributed by atoms with Gasteiger partial charge in [-0.25, -0.2) is 14.2 Å². The summed E-state index contributed by atoms with van der Waals surface area (Å²) in [5, 5.41) is 10.7. The molecule has 2 heterocycles. The molecule has 11 rings (SSSR count). The summed E-state index contributed by atoms with van der Waals surface area (Å²) < 4.78 is 3.47. The van der Waals surface area contributed by atoms with Crippen LogP contribution >= 0.6 is 0 Å². The predicted molar refractivity (Wildman–Crippen MR) is 222 cm³/mol. The van der Waals surface area contributed by atoms with Crippen molar-refractivity contribution in [3.8, 4) is 33.4 Å². The van der Waals surface area contributed by atoms with Crippen LogP contribution in [0.25, 0.3) is 104 Å². The van der Waals surface area contributed by atoms with Crippen LogP contribution in [0.4, 0.5) is 0 Å². The van der Waals surface area contributed by atoms with Crippen molar-refractivity contribution in [2.75, 3.05) is 0 Å². The third-order valence-electron chi connectivity index (χ3n) is 11.1. The Labute approximate surface area is 304 Å². The minimum atomic E-state index is -0.107. The Morgan fingerprint density at radius 3 is 1.74 bits per heavy atom. The van der Waals surface area contributed by atoms with E-state index in [1.165, 1.54) is 60.0 Å². The Morgan fingerprint density at radius 2 is 1.00 bits per heavy atom. The second-order valence-electron chi connectivity index (χ2n) is 13.9. The fourth-order valence-electron chi connectivity index (χ4n) is 8.66. The summed E-state index contributed by atoms with van der Waals surface area (Å²) in [6.07, 6.45) is 0. The first-order valence-corrected chi connectivity index (χ1v) is 18.0. The maximum atomic E-state index is 13.8. The van der Waals surface area contributed by atoms with E-state index < -0.39 is 0 Å². The Kier molecular flexibility index (Phi) is 6.29. The molecule has 0 aliphatic carbocycles. The van der Waals surface area contributed by atoms with Gasteiger partial charge in [0.2, 0.25) is 0 Å². The summed E-state index contributed by atoms with van der Waals surface area (Å²) in [5.74, 6) is 0.